The van der Waals surface area contributed by atoms with Crippen LogP contribution in [0.25, 0.3) is 16.7 Å². The van der Waals surface area contributed by atoms with Crippen molar-refractivity contribution in [3.63, 3.8) is 0 Å². The zero-order chi connectivity index (χ0) is 17.5. The molecular formula is C17H13BrFKN2O2S. The summed E-state index contributed by atoms with van der Waals surface area (Å²) < 4.78 is 15.5. The van der Waals surface area contributed by atoms with Crippen molar-refractivity contribution in [1.29, 1.82) is 0 Å². The smallest absolute Gasteiger partial charge is 0.549 e. The predicted molar refractivity (Wildman–Crippen MR) is 93.7 cm³/mol. The van der Waals surface area contributed by atoms with Crippen LogP contribution in [0.1, 0.15) is 13.8 Å². The summed E-state index contributed by atoms with van der Waals surface area (Å²) in [5, 5.41) is 11.7. The minimum absolute atomic E-state index is 0. The maximum Gasteiger partial charge on any atom is 1.00 e. The van der Waals surface area contributed by atoms with Crippen LogP contribution in [-0.4, -0.2) is 20.3 Å². The van der Waals surface area contributed by atoms with Crippen LogP contribution in [0.4, 0.5) is 4.39 Å². The molecule has 25 heavy (non-hydrogen) atoms. The summed E-state index contributed by atoms with van der Waals surface area (Å²) in [7, 11) is 0. The molecule has 0 bridgehead atoms. The molecule has 0 atom stereocenters. The molecule has 0 unspecified atom stereocenters. The number of halogens is 2. The van der Waals surface area contributed by atoms with E-state index < -0.39 is 16.5 Å². The summed E-state index contributed by atoms with van der Waals surface area (Å²) in [4.78, 5) is 15.8. The number of thioether (sulfide) groups is 1. The van der Waals surface area contributed by atoms with Crippen molar-refractivity contribution in [2.45, 2.75) is 23.8 Å². The number of rotatable bonds is 4. The second-order valence-electron chi connectivity index (χ2n) is 5.71. The molecule has 0 saturated heterocycles. The van der Waals surface area contributed by atoms with Gasteiger partial charge in [0.15, 0.2) is 5.16 Å². The third-order valence-corrected chi connectivity index (χ3v) is 5.15. The number of carboxylic acids is 1. The van der Waals surface area contributed by atoms with Crippen LogP contribution in [0, 0.1) is 5.82 Å². The van der Waals surface area contributed by atoms with Crippen molar-refractivity contribution in [3.8, 4) is 5.69 Å². The van der Waals surface area contributed by atoms with Crippen molar-refractivity contribution in [1.82, 2.24) is 9.55 Å². The van der Waals surface area contributed by atoms with Gasteiger partial charge < -0.3 is 9.90 Å². The minimum Gasteiger partial charge on any atom is -0.549 e. The average molecular weight is 447 g/mol. The minimum atomic E-state index is -1.21. The van der Waals surface area contributed by atoms with Gasteiger partial charge in [-0.3, -0.25) is 4.57 Å². The Morgan fingerprint density at radius 2 is 1.96 bits per heavy atom. The van der Waals surface area contributed by atoms with E-state index in [9.17, 15) is 14.3 Å². The van der Waals surface area contributed by atoms with Crippen LogP contribution in [0.5, 0.6) is 0 Å². The maximum absolute atomic E-state index is 14.5. The molecule has 1 heterocycles. The Labute approximate surface area is 199 Å². The summed E-state index contributed by atoms with van der Waals surface area (Å²) in [6.07, 6.45) is 0. The fourth-order valence-electron chi connectivity index (χ4n) is 2.24. The maximum atomic E-state index is 14.5. The van der Waals surface area contributed by atoms with E-state index in [4.69, 9.17) is 0 Å². The standard InChI is InChI=1S/C17H14BrFN2O2S.K/c1-17(2,15(22)23)24-16-20-12-5-3-4-6-14(12)21(16)13-8-7-10(18)9-11(13)19;/h3-9H,1-2H3,(H,22,23);/q;+1/p-1. The molecule has 0 spiro atoms. The molecule has 0 amide bonds. The van der Waals surface area contributed by atoms with E-state index in [0.29, 0.717) is 26.3 Å². The number of carbonyl (C=O) groups excluding carboxylic acids is 1. The molecule has 3 rings (SSSR count). The molecule has 0 aliphatic carbocycles. The van der Waals surface area contributed by atoms with Gasteiger partial charge >= 0.3 is 51.4 Å². The van der Waals surface area contributed by atoms with E-state index in [-0.39, 0.29) is 51.4 Å². The topological polar surface area (TPSA) is 58.0 Å². The summed E-state index contributed by atoms with van der Waals surface area (Å²) >= 11 is 4.27. The van der Waals surface area contributed by atoms with Crippen molar-refractivity contribution in [2.24, 2.45) is 0 Å². The summed E-state index contributed by atoms with van der Waals surface area (Å²) in [6, 6.07) is 12.0. The zero-order valence-corrected chi connectivity index (χ0v) is 19.4. The number of carboxylic acid groups (broad SMARTS) is 1. The number of hydrogen-bond donors (Lipinski definition) is 0. The number of fused-ring (bicyclic) bond motifs is 1. The fraction of sp³-hybridized carbons (Fsp3) is 0.176. The van der Waals surface area contributed by atoms with E-state index in [0.717, 1.165) is 11.8 Å². The van der Waals surface area contributed by atoms with Gasteiger partial charge in [0.2, 0.25) is 0 Å². The van der Waals surface area contributed by atoms with Gasteiger partial charge in [-0.25, -0.2) is 9.37 Å². The monoisotopic (exact) mass is 446 g/mol. The van der Waals surface area contributed by atoms with Crippen LogP contribution < -0.4 is 56.5 Å². The molecule has 0 saturated carbocycles. The van der Waals surface area contributed by atoms with Gasteiger partial charge in [-0.1, -0.05) is 39.8 Å². The van der Waals surface area contributed by atoms with Gasteiger partial charge in [-0.05, 0) is 44.2 Å². The molecule has 8 heteroatoms. The summed E-state index contributed by atoms with van der Waals surface area (Å²) in [5.41, 5.74) is 1.68. The van der Waals surface area contributed by atoms with Gasteiger partial charge in [0.25, 0.3) is 0 Å². The van der Waals surface area contributed by atoms with Crippen LogP contribution >= 0.6 is 27.7 Å². The van der Waals surface area contributed by atoms with Crippen LogP contribution in [0.2, 0.25) is 0 Å². The first kappa shape index (κ1) is 21.1. The van der Waals surface area contributed by atoms with Gasteiger partial charge in [0.1, 0.15) is 5.82 Å². The molecule has 124 valence electrons. The molecule has 1 aromatic heterocycles. The predicted octanol–water partition coefficient (Wildman–Crippen LogP) is 0.552. The van der Waals surface area contributed by atoms with Gasteiger partial charge in [-0.2, -0.15) is 0 Å². The number of benzene rings is 2. The Balaban J connectivity index is 0.00000225. The van der Waals surface area contributed by atoms with Crippen molar-refractivity contribution >= 4 is 44.7 Å². The number of imidazole rings is 1. The number of aromatic nitrogens is 2. The van der Waals surface area contributed by atoms with Crippen LogP contribution in [-0.2, 0) is 4.79 Å². The van der Waals surface area contributed by atoms with Gasteiger partial charge in [-0.15, -0.1) is 0 Å². The molecule has 3 aromatic rings. The Kier molecular flexibility index (Phi) is 6.92. The molecule has 0 aliphatic rings. The van der Waals surface area contributed by atoms with Crippen LogP contribution in [0.3, 0.4) is 0 Å². The fourth-order valence-corrected chi connectivity index (χ4v) is 3.54. The Morgan fingerprint density at radius 3 is 2.60 bits per heavy atom. The zero-order valence-electron chi connectivity index (χ0n) is 13.9. The number of aliphatic carboxylic acids is 1. The number of hydrogen-bond acceptors (Lipinski definition) is 4. The second-order valence-corrected chi connectivity index (χ2v) is 8.22. The summed E-state index contributed by atoms with van der Waals surface area (Å²) in [6.45, 7) is 3.07. The normalized spacial score (nSPS) is 11.4. The average Bonchev–Trinajstić information content (AvgIpc) is 2.84. The van der Waals surface area contributed by atoms with E-state index in [1.54, 1.807) is 22.8 Å². The number of nitrogens with zero attached hydrogens (tertiary/aromatic N) is 2. The molecule has 0 radical (unpaired) electrons. The van der Waals surface area contributed by atoms with E-state index >= 15 is 0 Å². The van der Waals surface area contributed by atoms with Crippen molar-refractivity contribution in [3.05, 3.63) is 52.8 Å². The van der Waals surface area contributed by atoms with Crippen molar-refractivity contribution < 1.29 is 65.7 Å². The first-order chi connectivity index (χ1) is 11.3. The number of para-hydroxylation sites is 2. The van der Waals surface area contributed by atoms with Crippen molar-refractivity contribution in [2.75, 3.05) is 0 Å². The molecule has 0 fully saturated rings. The van der Waals surface area contributed by atoms with Gasteiger partial charge in [0.05, 0.1) is 27.4 Å². The molecule has 2 aromatic carbocycles. The van der Waals surface area contributed by atoms with Crippen LogP contribution in [0.15, 0.2) is 52.1 Å². The Hall–Kier alpha value is -0.224. The molecular weight excluding hydrogens is 434 g/mol. The quantitative estimate of drug-likeness (QED) is 0.433. The Morgan fingerprint density at radius 1 is 1.28 bits per heavy atom. The molecule has 4 nitrogen and oxygen atoms in total. The van der Waals surface area contributed by atoms with E-state index in [2.05, 4.69) is 20.9 Å². The largest absolute Gasteiger partial charge is 1.00 e. The first-order valence-corrected chi connectivity index (χ1v) is 8.74. The SMILES string of the molecule is CC(C)(Sc1nc2ccccc2n1-c1ccc(Br)cc1F)C(=O)[O-].[K+]. The molecule has 0 aliphatic heterocycles. The third-order valence-electron chi connectivity index (χ3n) is 3.52. The second kappa shape index (κ2) is 8.20. The van der Waals surface area contributed by atoms with E-state index in [1.807, 2.05) is 18.2 Å². The third kappa shape index (κ3) is 4.37. The molecule has 0 N–H and O–H groups in total. The number of carbonyl (C=O) groups is 1. The van der Waals surface area contributed by atoms with Gasteiger partial charge in [0, 0.05) is 4.47 Å². The first-order valence-electron chi connectivity index (χ1n) is 7.13. The summed E-state index contributed by atoms with van der Waals surface area (Å²) in [5.74, 6) is -1.64. The van der Waals surface area contributed by atoms with E-state index in [1.165, 1.54) is 19.9 Å². The Bertz CT molecular complexity index is 946.